The largest absolute Gasteiger partial charge is 0.368 e. The fourth-order valence-electron chi connectivity index (χ4n) is 1.99. The highest BCUT2D eigenvalue weighted by Crippen LogP contribution is 2.19. The van der Waals surface area contributed by atoms with Crippen molar-refractivity contribution in [3.63, 3.8) is 0 Å². The van der Waals surface area contributed by atoms with Gasteiger partial charge in [0.05, 0.1) is 6.54 Å². The number of anilines is 1. The molecule has 1 fully saturated rings. The minimum atomic E-state index is -0.421. The molecule has 1 aromatic carbocycles. The molecular weight excluding hydrogens is 280 g/mol. The van der Waals surface area contributed by atoms with Gasteiger partial charge in [-0.1, -0.05) is 17.7 Å². The van der Waals surface area contributed by atoms with Gasteiger partial charge < -0.3 is 15.4 Å². The lowest BCUT2D eigenvalue weighted by atomic mass is 10.2. The number of halogens is 1. The van der Waals surface area contributed by atoms with Gasteiger partial charge in [-0.3, -0.25) is 9.59 Å². The van der Waals surface area contributed by atoms with Gasteiger partial charge in [0.2, 0.25) is 11.8 Å². The van der Waals surface area contributed by atoms with E-state index in [-0.39, 0.29) is 18.4 Å². The highest BCUT2D eigenvalue weighted by Gasteiger charge is 2.23. The highest BCUT2D eigenvalue weighted by atomic mass is 35.5. The molecule has 2 N–H and O–H groups in total. The summed E-state index contributed by atoms with van der Waals surface area (Å²) in [6.45, 7) is 2.40. The molecule has 2 rings (SSSR count). The minimum Gasteiger partial charge on any atom is -0.368 e. The van der Waals surface area contributed by atoms with Crippen molar-refractivity contribution in [3.8, 4) is 0 Å². The Kier molecular flexibility index (Phi) is 4.98. The van der Waals surface area contributed by atoms with Gasteiger partial charge in [-0.05, 0) is 37.5 Å². The molecule has 0 bridgehead atoms. The smallest absolute Gasteiger partial charge is 0.249 e. The molecule has 0 radical (unpaired) electrons. The van der Waals surface area contributed by atoms with Crippen LogP contribution in [0.4, 0.5) is 5.69 Å². The standard InChI is InChI=1S/C14H17ClN2O3/c1-9-4-5-10(15)7-11(9)17-13(18)8-16-14(19)12-3-2-6-20-12/h4-5,7,12H,2-3,6,8H2,1H3,(H,16,19)(H,17,18). The van der Waals surface area contributed by atoms with Crippen LogP contribution in [-0.4, -0.2) is 31.1 Å². The topological polar surface area (TPSA) is 67.4 Å². The quantitative estimate of drug-likeness (QED) is 0.891. The Hall–Kier alpha value is -1.59. The molecule has 1 saturated heterocycles. The average Bonchev–Trinajstić information content (AvgIpc) is 2.94. The second-order valence-electron chi connectivity index (χ2n) is 4.73. The van der Waals surface area contributed by atoms with Crippen LogP contribution in [0.1, 0.15) is 18.4 Å². The number of hydrogen-bond donors (Lipinski definition) is 2. The zero-order valence-electron chi connectivity index (χ0n) is 11.2. The Morgan fingerprint density at radius 1 is 1.45 bits per heavy atom. The Bertz CT molecular complexity index is 513. The molecule has 108 valence electrons. The molecule has 1 aromatic rings. The normalized spacial score (nSPS) is 17.8. The third kappa shape index (κ3) is 3.95. The van der Waals surface area contributed by atoms with Crippen LogP contribution in [0.25, 0.3) is 0 Å². The summed E-state index contributed by atoms with van der Waals surface area (Å²) in [5, 5.41) is 5.84. The maximum atomic E-state index is 11.8. The third-order valence-corrected chi connectivity index (χ3v) is 3.35. The van der Waals surface area contributed by atoms with Crippen LogP contribution >= 0.6 is 11.6 Å². The van der Waals surface area contributed by atoms with Gasteiger partial charge in [-0.2, -0.15) is 0 Å². The molecule has 2 amide bonds. The molecule has 0 aromatic heterocycles. The second-order valence-corrected chi connectivity index (χ2v) is 5.16. The van der Waals surface area contributed by atoms with Gasteiger partial charge in [-0.25, -0.2) is 0 Å². The lowest BCUT2D eigenvalue weighted by Crippen LogP contribution is -2.39. The van der Waals surface area contributed by atoms with Gasteiger partial charge in [0.25, 0.3) is 0 Å². The highest BCUT2D eigenvalue weighted by molar-refractivity contribution is 6.31. The van der Waals surface area contributed by atoms with E-state index in [0.717, 1.165) is 12.0 Å². The zero-order chi connectivity index (χ0) is 14.5. The van der Waals surface area contributed by atoms with Gasteiger partial charge in [-0.15, -0.1) is 0 Å². The van der Waals surface area contributed by atoms with Gasteiger partial charge in [0, 0.05) is 17.3 Å². The molecule has 0 spiro atoms. The molecule has 1 heterocycles. The molecule has 6 heteroatoms. The number of benzene rings is 1. The third-order valence-electron chi connectivity index (χ3n) is 3.12. The van der Waals surface area contributed by atoms with Crippen LogP contribution in [0.3, 0.4) is 0 Å². The molecule has 1 aliphatic heterocycles. The van der Waals surface area contributed by atoms with E-state index in [0.29, 0.717) is 23.7 Å². The number of ether oxygens (including phenoxy) is 1. The Labute approximate surface area is 122 Å². The number of nitrogens with one attached hydrogen (secondary N) is 2. The maximum Gasteiger partial charge on any atom is 0.249 e. The van der Waals surface area contributed by atoms with Crippen LogP contribution in [0.2, 0.25) is 5.02 Å². The first kappa shape index (κ1) is 14.8. The molecule has 0 aliphatic carbocycles. The first-order chi connectivity index (χ1) is 9.56. The van der Waals surface area contributed by atoms with Crippen molar-refractivity contribution in [1.29, 1.82) is 0 Å². The summed E-state index contributed by atoms with van der Waals surface area (Å²) >= 11 is 5.88. The zero-order valence-corrected chi connectivity index (χ0v) is 12.0. The Morgan fingerprint density at radius 3 is 2.95 bits per heavy atom. The van der Waals surface area contributed by atoms with Crippen molar-refractivity contribution < 1.29 is 14.3 Å². The molecule has 0 saturated carbocycles. The van der Waals surface area contributed by atoms with Crippen molar-refractivity contribution in [2.75, 3.05) is 18.5 Å². The van der Waals surface area contributed by atoms with Crippen LogP contribution in [0, 0.1) is 6.92 Å². The van der Waals surface area contributed by atoms with E-state index in [4.69, 9.17) is 16.3 Å². The van der Waals surface area contributed by atoms with E-state index in [2.05, 4.69) is 10.6 Å². The average molecular weight is 297 g/mol. The van der Waals surface area contributed by atoms with E-state index in [1.54, 1.807) is 12.1 Å². The van der Waals surface area contributed by atoms with Crippen molar-refractivity contribution in [1.82, 2.24) is 5.32 Å². The number of rotatable bonds is 4. The predicted octanol–water partition coefficient (Wildman–Crippen LogP) is 1.88. The first-order valence-electron chi connectivity index (χ1n) is 6.51. The van der Waals surface area contributed by atoms with Crippen LogP contribution in [0.15, 0.2) is 18.2 Å². The fourth-order valence-corrected chi connectivity index (χ4v) is 2.16. The summed E-state index contributed by atoms with van der Waals surface area (Å²) in [6, 6.07) is 5.26. The summed E-state index contributed by atoms with van der Waals surface area (Å²) < 4.78 is 5.24. The van der Waals surface area contributed by atoms with Gasteiger partial charge in [0.15, 0.2) is 0 Å². The Morgan fingerprint density at radius 2 is 2.25 bits per heavy atom. The minimum absolute atomic E-state index is 0.0787. The number of aryl methyl sites for hydroxylation is 1. The van der Waals surface area contributed by atoms with E-state index in [9.17, 15) is 9.59 Å². The second kappa shape index (κ2) is 6.72. The summed E-state index contributed by atoms with van der Waals surface area (Å²) in [5.41, 5.74) is 1.56. The number of hydrogen-bond acceptors (Lipinski definition) is 3. The van der Waals surface area contributed by atoms with E-state index >= 15 is 0 Å². The van der Waals surface area contributed by atoms with Gasteiger partial charge in [0.1, 0.15) is 6.10 Å². The van der Waals surface area contributed by atoms with E-state index in [1.165, 1.54) is 0 Å². The molecular formula is C14H17ClN2O3. The summed E-state index contributed by atoms with van der Waals surface area (Å²) in [7, 11) is 0. The SMILES string of the molecule is Cc1ccc(Cl)cc1NC(=O)CNC(=O)C1CCCO1. The Balaban J connectivity index is 1.83. The molecule has 20 heavy (non-hydrogen) atoms. The maximum absolute atomic E-state index is 11.8. The van der Waals surface area contributed by atoms with Crippen molar-refractivity contribution in [2.24, 2.45) is 0 Å². The van der Waals surface area contributed by atoms with Crippen LogP contribution < -0.4 is 10.6 Å². The van der Waals surface area contributed by atoms with Crippen molar-refractivity contribution in [2.45, 2.75) is 25.9 Å². The summed E-state index contributed by atoms with van der Waals surface area (Å²) in [5.74, 6) is -0.526. The van der Waals surface area contributed by atoms with Crippen molar-refractivity contribution >= 4 is 29.1 Å². The molecule has 1 aliphatic rings. The van der Waals surface area contributed by atoms with Crippen molar-refractivity contribution in [3.05, 3.63) is 28.8 Å². The lowest BCUT2D eigenvalue weighted by molar-refractivity contribution is -0.131. The summed E-state index contributed by atoms with van der Waals surface area (Å²) in [4.78, 5) is 23.5. The molecule has 1 unspecified atom stereocenters. The molecule has 5 nitrogen and oxygen atoms in total. The summed E-state index contributed by atoms with van der Waals surface area (Å²) in [6.07, 6.45) is 1.17. The number of carbonyl (C=O) groups excluding carboxylic acids is 2. The number of amides is 2. The first-order valence-corrected chi connectivity index (χ1v) is 6.89. The lowest BCUT2D eigenvalue weighted by Gasteiger charge is -2.12. The number of carbonyl (C=O) groups is 2. The fraction of sp³-hybridized carbons (Fsp3) is 0.429. The van der Waals surface area contributed by atoms with E-state index < -0.39 is 6.10 Å². The van der Waals surface area contributed by atoms with E-state index in [1.807, 2.05) is 13.0 Å². The molecule has 1 atom stereocenters. The van der Waals surface area contributed by atoms with Crippen LogP contribution in [-0.2, 0) is 14.3 Å². The predicted molar refractivity (Wildman–Crippen MR) is 76.8 cm³/mol. The monoisotopic (exact) mass is 296 g/mol. The van der Waals surface area contributed by atoms with Crippen LogP contribution in [0.5, 0.6) is 0 Å². The van der Waals surface area contributed by atoms with Gasteiger partial charge >= 0.3 is 0 Å².